The van der Waals surface area contributed by atoms with Gasteiger partial charge in [0.25, 0.3) is 0 Å². The number of aryl methyl sites for hydroxylation is 1. The minimum atomic E-state index is -3.51. The van der Waals surface area contributed by atoms with Crippen LogP contribution in [0.25, 0.3) is 0 Å². The summed E-state index contributed by atoms with van der Waals surface area (Å²) in [5, 5.41) is 0. The molecular formula is C12H18BrClN2O2S. The first-order chi connectivity index (χ1) is 8.45. The molecule has 19 heavy (non-hydrogen) atoms. The van der Waals surface area contributed by atoms with Gasteiger partial charge in [0.2, 0.25) is 10.0 Å². The van der Waals surface area contributed by atoms with Crippen LogP contribution >= 0.6 is 28.3 Å². The molecule has 0 radical (unpaired) electrons. The van der Waals surface area contributed by atoms with Crippen molar-refractivity contribution in [3.05, 3.63) is 28.2 Å². The summed E-state index contributed by atoms with van der Waals surface area (Å²) in [6.07, 6.45) is 2.11. The molecule has 3 N–H and O–H groups in total. The minimum absolute atomic E-state index is 0. The van der Waals surface area contributed by atoms with Crippen molar-refractivity contribution in [3.8, 4) is 0 Å². The molecule has 108 valence electrons. The van der Waals surface area contributed by atoms with Crippen LogP contribution in [0.5, 0.6) is 0 Å². The van der Waals surface area contributed by atoms with Gasteiger partial charge in [-0.3, -0.25) is 0 Å². The van der Waals surface area contributed by atoms with E-state index in [2.05, 4.69) is 20.7 Å². The van der Waals surface area contributed by atoms with Crippen molar-refractivity contribution in [1.29, 1.82) is 0 Å². The van der Waals surface area contributed by atoms with Crippen molar-refractivity contribution in [2.24, 2.45) is 11.7 Å². The van der Waals surface area contributed by atoms with Gasteiger partial charge in [-0.15, -0.1) is 12.4 Å². The first kappa shape index (κ1) is 16.9. The predicted molar refractivity (Wildman–Crippen MR) is 82.0 cm³/mol. The Kier molecular flexibility index (Phi) is 5.82. The van der Waals surface area contributed by atoms with Gasteiger partial charge in [-0.25, -0.2) is 13.1 Å². The maximum Gasteiger partial charge on any atom is 0.242 e. The molecule has 1 unspecified atom stereocenters. The highest BCUT2D eigenvalue weighted by molar-refractivity contribution is 9.10. The lowest BCUT2D eigenvalue weighted by Gasteiger charge is -2.17. The van der Waals surface area contributed by atoms with E-state index in [4.69, 9.17) is 5.73 Å². The zero-order valence-corrected chi connectivity index (χ0v) is 13.8. The van der Waals surface area contributed by atoms with Crippen LogP contribution < -0.4 is 10.5 Å². The molecule has 0 amide bonds. The second-order valence-electron chi connectivity index (χ2n) is 4.69. The average molecular weight is 370 g/mol. The van der Waals surface area contributed by atoms with E-state index in [0.717, 1.165) is 18.4 Å². The summed E-state index contributed by atoms with van der Waals surface area (Å²) in [7, 11) is -3.51. The Labute approximate surface area is 128 Å². The molecule has 1 aromatic rings. The van der Waals surface area contributed by atoms with Gasteiger partial charge in [0.05, 0.1) is 4.90 Å². The Morgan fingerprint density at radius 1 is 1.47 bits per heavy atom. The molecule has 1 fully saturated rings. The number of halogens is 2. The maximum absolute atomic E-state index is 12.3. The smallest absolute Gasteiger partial charge is 0.242 e. The Morgan fingerprint density at radius 2 is 2.11 bits per heavy atom. The fraction of sp³-hybridized carbons (Fsp3) is 0.500. The van der Waals surface area contributed by atoms with E-state index >= 15 is 0 Å². The number of hydrogen-bond acceptors (Lipinski definition) is 3. The van der Waals surface area contributed by atoms with E-state index in [9.17, 15) is 8.42 Å². The molecule has 0 bridgehead atoms. The number of rotatable bonds is 5. The van der Waals surface area contributed by atoms with Gasteiger partial charge in [0.1, 0.15) is 0 Å². The largest absolute Gasteiger partial charge is 0.329 e. The highest BCUT2D eigenvalue weighted by Gasteiger charge is 2.33. The molecule has 1 aromatic carbocycles. The zero-order valence-electron chi connectivity index (χ0n) is 10.6. The third kappa shape index (κ3) is 3.92. The van der Waals surface area contributed by atoms with E-state index in [1.165, 1.54) is 0 Å². The van der Waals surface area contributed by atoms with Crippen LogP contribution in [-0.4, -0.2) is 21.0 Å². The molecule has 4 nitrogen and oxygen atoms in total. The highest BCUT2D eigenvalue weighted by atomic mass is 79.9. The molecular weight excluding hydrogens is 352 g/mol. The van der Waals surface area contributed by atoms with Gasteiger partial charge < -0.3 is 5.73 Å². The molecule has 0 saturated heterocycles. The summed E-state index contributed by atoms with van der Waals surface area (Å²) in [5.74, 6) is 0.397. The lowest BCUT2D eigenvalue weighted by molar-refractivity contribution is 0.519. The molecule has 2 rings (SSSR count). The van der Waals surface area contributed by atoms with E-state index in [1.54, 1.807) is 12.1 Å². The Balaban J connectivity index is 0.00000180. The van der Waals surface area contributed by atoms with Crippen molar-refractivity contribution >= 4 is 38.4 Å². The topological polar surface area (TPSA) is 72.2 Å². The third-order valence-electron chi connectivity index (χ3n) is 3.20. The number of nitrogens with one attached hydrogen (secondary N) is 1. The summed E-state index contributed by atoms with van der Waals surface area (Å²) in [6.45, 7) is 2.21. The summed E-state index contributed by atoms with van der Waals surface area (Å²) in [4.78, 5) is 0.279. The highest BCUT2D eigenvalue weighted by Crippen LogP contribution is 2.33. The molecule has 0 aromatic heterocycles. The van der Waals surface area contributed by atoms with Crippen LogP contribution in [0, 0.1) is 12.8 Å². The second-order valence-corrected chi connectivity index (χ2v) is 7.16. The van der Waals surface area contributed by atoms with Crippen molar-refractivity contribution in [2.45, 2.75) is 30.7 Å². The van der Waals surface area contributed by atoms with E-state index < -0.39 is 10.0 Å². The summed E-state index contributed by atoms with van der Waals surface area (Å²) in [5.41, 5.74) is 6.53. The van der Waals surface area contributed by atoms with Crippen LogP contribution in [0.15, 0.2) is 27.6 Å². The molecule has 0 aliphatic heterocycles. The predicted octanol–water partition coefficient (Wildman–Crippen LogP) is 2.19. The third-order valence-corrected chi connectivity index (χ3v) is 6.04. The minimum Gasteiger partial charge on any atom is -0.329 e. The van der Waals surface area contributed by atoms with Gasteiger partial charge in [0, 0.05) is 17.1 Å². The van der Waals surface area contributed by atoms with Gasteiger partial charge >= 0.3 is 0 Å². The quantitative estimate of drug-likeness (QED) is 0.835. The SMILES string of the molecule is Cc1cccc(S(=O)(=O)NC(CN)C2CC2)c1Br.Cl. The van der Waals surface area contributed by atoms with Gasteiger partial charge in [-0.2, -0.15) is 0 Å². The maximum atomic E-state index is 12.3. The fourth-order valence-electron chi connectivity index (χ4n) is 1.93. The fourth-order valence-corrected chi connectivity index (χ4v) is 4.30. The lowest BCUT2D eigenvalue weighted by atomic mass is 10.2. The van der Waals surface area contributed by atoms with Crippen LogP contribution in [-0.2, 0) is 10.0 Å². The first-order valence-corrected chi connectivity index (χ1v) is 8.21. The van der Waals surface area contributed by atoms with Crippen molar-refractivity contribution in [2.75, 3.05) is 6.54 Å². The molecule has 0 spiro atoms. The number of sulfonamides is 1. The van der Waals surface area contributed by atoms with E-state index in [0.29, 0.717) is 16.9 Å². The second kappa shape index (κ2) is 6.54. The van der Waals surface area contributed by atoms with E-state index in [1.807, 2.05) is 13.0 Å². The Bertz CT molecular complexity index is 547. The molecule has 1 aliphatic rings. The monoisotopic (exact) mass is 368 g/mol. The summed E-state index contributed by atoms with van der Waals surface area (Å²) >= 11 is 3.33. The van der Waals surface area contributed by atoms with Crippen molar-refractivity contribution < 1.29 is 8.42 Å². The van der Waals surface area contributed by atoms with Crippen molar-refractivity contribution in [1.82, 2.24) is 4.72 Å². The number of benzene rings is 1. The Morgan fingerprint density at radius 3 is 2.63 bits per heavy atom. The van der Waals surface area contributed by atoms with Crippen LogP contribution in [0.4, 0.5) is 0 Å². The van der Waals surface area contributed by atoms with Crippen LogP contribution in [0.3, 0.4) is 0 Å². The normalized spacial score (nSPS) is 16.8. The van der Waals surface area contributed by atoms with Crippen LogP contribution in [0.1, 0.15) is 18.4 Å². The lowest BCUT2D eigenvalue weighted by Crippen LogP contribution is -2.41. The molecule has 1 atom stereocenters. The van der Waals surface area contributed by atoms with E-state index in [-0.39, 0.29) is 23.3 Å². The van der Waals surface area contributed by atoms with Gasteiger partial charge in [-0.1, -0.05) is 12.1 Å². The summed E-state index contributed by atoms with van der Waals surface area (Å²) in [6, 6.07) is 5.05. The molecule has 1 aliphatic carbocycles. The molecule has 7 heteroatoms. The zero-order chi connectivity index (χ0) is 13.3. The average Bonchev–Trinajstić information content (AvgIpc) is 3.13. The molecule has 1 saturated carbocycles. The number of hydrogen-bond donors (Lipinski definition) is 2. The van der Waals surface area contributed by atoms with Crippen LogP contribution in [0.2, 0.25) is 0 Å². The standard InChI is InChI=1S/C12H17BrN2O2S.ClH/c1-8-3-2-4-11(12(8)13)18(16,17)15-10(7-14)9-5-6-9;/h2-4,9-10,15H,5-7,14H2,1H3;1H. The van der Waals surface area contributed by atoms with Gasteiger partial charge in [-0.05, 0) is 53.2 Å². The summed E-state index contributed by atoms with van der Waals surface area (Å²) < 4.78 is 27.9. The van der Waals surface area contributed by atoms with Crippen molar-refractivity contribution in [3.63, 3.8) is 0 Å². The first-order valence-electron chi connectivity index (χ1n) is 5.93. The number of nitrogens with two attached hydrogens (primary N) is 1. The molecule has 0 heterocycles. The van der Waals surface area contributed by atoms with Gasteiger partial charge in [0.15, 0.2) is 0 Å². The Hall–Kier alpha value is -0.140.